The number of hydrogen-bond acceptors (Lipinski definition) is 4. The van der Waals surface area contributed by atoms with Crippen LogP contribution in [-0.4, -0.2) is 40.7 Å². The lowest BCUT2D eigenvalue weighted by Gasteiger charge is -2.30. The van der Waals surface area contributed by atoms with Gasteiger partial charge in [-0.05, 0) is 31.0 Å². The predicted molar refractivity (Wildman–Crippen MR) is 95.4 cm³/mol. The van der Waals surface area contributed by atoms with E-state index in [0.717, 1.165) is 24.2 Å². The van der Waals surface area contributed by atoms with E-state index in [1.54, 1.807) is 24.3 Å². The van der Waals surface area contributed by atoms with Crippen LogP contribution in [0.2, 0.25) is 0 Å². The summed E-state index contributed by atoms with van der Waals surface area (Å²) >= 11 is 0. The first kappa shape index (κ1) is 17.9. The Hall–Kier alpha value is -2.90. The molecule has 0 bridgehead atoms. The summed E-state index contributed by atoms with van der Waals surface area (Å²) in [7, 11) is 0. The minimum atomic E-state index is -0.832. The number of imide groups is 1. The van der Waals surface area contributed by atoms with Crippen LogP contribution in [0.3, 0.4) is 0 Å². The fraction of sp³-hybridized carbons (Fsp3) is 0.444. The van der Waals surface area contributed by atoms with Gasteiger partial charge in [0, 0.05) is 18.3 Å². The lowest BCUT2D eigenvalue weighted by atomic mass is 9.82. The van der Waals surface area contributed by atoms with E-state index in [0.29, 0.717) is 24.2 Å². The summed E-state index contributed by atoms with van der Waals surface area (Å²) in [5, 5.41) is 8.06. The summed E-state index contributed by atoms with van der Waals surface area (Å²) in [6.45, 7) is 1.06. The zero-order chi connectivity index (χ0) is 18.7. The number of carbonyl (C=O) groups is 4. The number of benzene rings is 1. The topological polar surface area (TPSA) is 108 Å². The highest BCUT2D eigenvalue weighted by Gasteiger charge is 2.51. The Morgan fingerprint density at radius 3 is 2.42 bits per heavy atom. The molecule has 1 saturated heterocycles. The van der Waals surface area contributed by atoms with Crippen LogP contribution in [0.15, 0.2) is 24.3 Å². The largest absolute Gasteiger partial charge is 0.326 e. The Kier molecular flexibility index (Phi) is 4.92. The highest BCUT2D eigenvalue weighted by atomic mass is 16.2. The van der Waals surface area contributed by atoms with Crippen molar-refractivity contribution in [1.82, 2.24) is 10.2 Å². The fourth-order valence-corrected chi connectivity index (χ4v) is 3.54. The van der Waals surface area contributed by atoms with Gasteiger partial charge in [0.1, 0.15) is 12.1 Å². The molecule has 8 nitrogen and oxygen atoms in total. The second-order valence-electron chi connectivity index (χ2n) is 6.77. The maximum absolute atomic E-state index is 12.7. The lowest BCUT2D eigenvalue weighted by Crippen LogP contribution is -2.48. The molecule has 1 heterocycles. The Labute approximate surface area is 151 Å². The molecular formula is C18H22N4O4. The number of nitrogens with one attached hydrogen (secondary N) is 3. The number of amides is 5. The third-order valence-corrected chi connectivity index (χ3v) is 4.72. The SMILES string of the molecule is CC(=O)Nc1cccc(NC(=O)CN2C(=O)NC3(CCCCC3)C2=O)c1. The van der Waals surface area contributed by atoms with Crippen molar-refractivity contribution in [3.8, 4) is 0 Å². The lowest BCUT2D eigenvalue weighted by molar-refractivity contribution is -0.134. The van der Waals surface area contributed by atoms with Gasteiger partial charge in [-0.1, -0.05) is 25.3 Å². The predicted octanol–water partition coefficient (Wildman–Crippen LogP) is 1.84. The Bertz CT molecular complexity index is 755. The van der Waals surface area contributed by atoms with E-state index in [1.165, 1.54) is 6.92 Å². The van der Waals surface area contributed by atoms with Crippen LogP contribution in [0.5, 0.6) is 0 Å². The standard InChI is InChI=1S/C18H22N4O4/c1-12(23)19-13-6-5-7-14(10-13)20-15(24)11-22-16(25)18(21-17(22)26)8-3-2-4-9-18/h5-7,10H,2-4,8-9,11H2,1H3,(H,19,23)(H,20,24)(H,21,26). The van der Waals surface area contributed by atoms with Crippen molar-refractivity contribution in [3.05, 3.63) is 24.3 Å². The molecule has 5 amide bonds. The average Bonchev–Trinajstić information content (AvgIpc) is 2.79. The molecule has 8 heteroatoms. The molecular weight excluding hydrogens is 336 g/mol. The summed E-state index contributed by atoms with van der Waals surface area (Å²) in [5.41, 5.74) is 0.188. The Morgan fingerprint density at radius 2 is 1.77 bits per heavy atom. The molecule has 1 aromatic carbocycles. The minimum Gasteiger partial charge on any atom is -0.326 e. The molecule has 0 atom stereocenters. The zero-order valence-electron chi connectivity index (χ0n) is 14.6. The molecule has 2 aliphatic rings. The van der Waals surface area contributed by atoms with Crippen molar-refractivity contribution in [2.75, 3.05) is 17.2 Å². The van der Waals surface area contributed by atoms with Gasteiger partial charge in [0.25, 0.3) is 5.91 Å². The number of nitrogens with zero attached hydrogens (tertiary/aromatic N) is 1. The molecule has 1 aliphatic heterocycles. The van der Waals surface area contributed by atoms with E-state index in [-0.39, 0.29) is 18.4 Å². The smallest absolute Gasteiger partial charge is 0.325 e. The van der Waals surface area contributed by atoms with Gasteiger partial charge in [-0.15, -0.1) is 0 Å². The van der Waals surface area contributed by atoms with Gasteiger partial charge < -0.3 is 16.0 Å². The fourth-order valence-electron chi connectivity index (χ4n) is 3.54. The van der Waals surface area contributed by atoms with Crippen molar-refractivity contribution < 1.29 is 19.2 Å². The molecule has 0 unspecified atom stereocenters. The van der Waals surface area contributed by atoms with Crippen molar-refractivity contribution in [2.24, 2.45) is 0 Å². The van der Waals surface area contributed by atoms with E-state index in [2.05, 4.69) is 16.0 Å². The van der Waals surface area contributed by atoms with Crippen LogP contribution < -0.4 is 16.0 Å². The number of hydrogen-bond donors (Lipinski definition) is 3. The van der Waals surface area contributed by atoms with Gasteiger partial charge >= 0.3 is 6.03 Å². The quantitative estimate of drug-likeness (QED) is 0.714. The van der Waals surface area contributed by atoms with E-state index in [1.807, 2.05) is 0 Å². The molecule has 2 fully saturated rings. The third-order valence-electron chi connectivity index (χ3n) is 4.72. The summed E-state index contributed by atoms with van der Waals surface area (Å²) in [5.74, 6) is -1.00. The Morgan fingerprint density at radius 1 is 1.12 bits per heavy atom. The van der Waals surface area contributed by atoms with E-state index < -0.39 is 17.5 Å². The van der Waals surface area contributed by atoms with Crippen LogP contribution >= 0.6 is 0 Å². The van der Waals surface area contributed by atoms with Gasteiger partial charge in [0.05, 0.1) is 0 Å². The van der Waals surface area contributed by atoms with E-state index in [9.17, 15) is 19.2 Å². The van der Waals surface area contributed by atoms with Gasteiger partial charge in [-0.25, -0.2) is 4.79 Å². The molecule has 1 aromatic rings. The highest BCUT2D eigenvalue weighted by Crippen LogP contribution is 2.33. The first-order valence-electron chi connectivity index (χ1n) is 8.71. The third kappa shape index (κ3) is 3.68. The first-order valence-corrected chi connectivity index (χ1v) is 8.71. The molecule has 1 aliphatic carbocycles. The van der Waals surface area contributed by atoms with Crippen molar-refractivity contribution in [3.63, 3.8) is 0 Å². The van der Waals surface area contributed by atoms with Crippen LogP contribution in [0.1, 0.15) is 39.0 Å². The van der Waals surface area contributed by atoms with Crippen LogP contribution in [0.4, 0.5) is 16.2 Å². The maximum Gasteiger partial charge on any atom is 0.325 e. The second kappa shape index (κ2) is 7.15. The number of anilines is 2. The first-order chi connectivity index (χ1) is 12.4. The van der Waals surface area contributed by atoms with Gasteiger partial charge in [0.2, 0.25) is 11.8 Å². The molecule has 26 heavy (non-hydrogen) atoms. The number of urea groups is 1. The van der Waals surface area contributed by atoms with Crippen molar-refractivity contribution >= 4 is 35.1 Å². The summed E-state index contributed by atoms with van der Waals surface area (Å²) < 4.78 is 0. The molecule has 1 saturated carbocycles. The highest BCUT2D eigenvalue weighted by molar-refractivity contribution is 6.10. The molecule has 0 aromatic heterocycles. The van der Waals surface area contributed by atoms with Crippen LogP contribution in [0.25, 0.3) is 0 Å². The minimum absolute atomic E-state index is 0.217. The zero-order valence-corrected chi connectivity index (χ0v) is 14.6. The molecule has 3 N–H and O–H groups in total. The molecule has 0 radical (unpaired) electrons. The molecule has 1 spiro atoms. The van der Waals surface area contributed by atoms with Crippen molar-refractivity contribution in [1.29, 1.82) is 0 Å². The van der Waals surface area contributed by atoms with Gasteiger partial charge in [-0.2, -0.15) is 0 Å². The monoisotopic (exact) mass is 358 g/mol. The van der Waals surface area contributed by atoms with Gasteiger partial charge in [0.15, 0.2) is 0 Å². The number of rotatable bonds is 4. The number of carbonyl (C=O) groups excluding carboxylic acids is 4. The average molecular weight is 358 g/mol. The maximum atomic E-state index is 12.7. The van der Waals surface area contributed by atoms with Crippen molar-refractivity contribution in [2.45, 2.75) is 44.6 Å². The van der Waals surface area contributed by atoms with E-state index >= 15 is 0 Å². The van der Waals surface area contributed by atoms with Crippen LogP contribution in [-0.2, 0) is 14.4 Å². The summed E-state index contributed by atoms with van der Waals surface area (Å²) in [6.07, 6.45) is 4.07. The summed E-state index contributed by atoms with van der Waals surface area (Å²) in [4.78, 5) is 49.2. The van der Waals surface area contributed by atoms with E-state index in [4.69, 9.17) is 0 Å². The Balaban J connectivity index is 1.64. The summed E-state index contributed by atoms with van der Waals surface area (Å²) in [6, 6.07) is 6.14. The van der Waals surface area contributed by atoms with Crippen LogP contribution in [0, 0.1) is 0 Å². The normalized spacial score (nSPS) is 18.6. The molecule has 3 rings (SSSR count). The van der Waals surface area contributed by atoms with Gasteiger partial charge in [-0.3, -0.25) is 19.3 Å². The molecule has 138 valence electrons. The second-order valence-corrected chi connectivity index (χ2v) is 6.77.